The zero-order valence-electron chi connectivity index (χ0n) is 15.9. The van der Waals surface area contributed by atoms with Crippen molar-refractivity contribution < 1.29 is 14.4 Å². The maximum atomic E-state index is 13.2. The summed E-state index contributed by atoms with van der Waals surface area (Å²) in [5.41, 5.74) is 2.86. The second-order valence-electron chi connectivity index (χ2n) is 6.78. The maximum absolute atomic E-state index is 13.2. The molecule has 4 rings (SSSR count). The van der Waals surface area contributed by atoms with Gasteiger partial charge in [-0.15, -0.1) is 0 Å². The van der Waals surface area contributed by atoms with E-state index < -0.39 is 17.8 Å². The molecule has 4 amide bonds. The van der Waals surface area contributed by atoms with E-state index in [4.69, 9.17) is 0 Å². The van der Waals surface area contributed by atoms with Gasteiger partial charge in [0.05, 0.1) is 5.69 Å². The van der Waals surface area contributed by atoms with Crippen LogP contribution in [0.5, 0.6) is 0 Å². The second kappa shape index (κ2) is 7.33. The molecule has 0 aliphatic carbocycles. The molecule has 6 nitrogen and oxygen atoms in total. The molecule has 0 radical (unpaired) electrons. The number of hydrogen-bond acceptors (Lipinski definition) is 3. The predicted octanol–water partition coefficient (Wildman–Crippen LogP) is 4.40. The molecule has 3 aromatic rings. The van der Waals surface area contributed by atoms with Gasteiger partial charge in [0.15, 0.2) is 0 Å². The van der Waals surface area contributed by atoms with Gasteiger partial charge in [-0.05, 0) is 49.8 Å². The highest BCUT2D eigenvalue weighted by molar-refractivity contribution is 9.10. The van der Waals surface area contributed by atoms with Gasteiger partial charge in [0.1, 0.15) is 5.57 Å². The Hall–Kier alpha value is -3.19. The van der Waals surface area contributed by atoms with Crippen molar-refractivity contribution in [2.45, 2.75) is 20.4 Å². The second-order valence-corrected chi connectivity index (χ2v) is 7.69. The van der Waals surface area contributed by atoms with E-state index in [1.165, 1.54) is 0 Å². The number of hydrogen-bond donors (Lipinski definition) is 1. The monoisotopic (exact) mass is 451 g/mol. The maximum Gasteiger partial charge on any atom is 0.335 e. The highest BCUT2D eigenvalue weighted by Crippen LogP contribution is 2.29. The SMILES string of the molecule is CCn1cc(/C=C2\C(=O)NC(=O)N(c3ccc(Br)cc3C)C2=O)c2ccccc21. The van der Waals surface area contributed by atoms with Crippen molar-refractivity contribution in [1.29, 1.82) is 0 Å². The number of barbiturate groups is 1. The third-order valence-corrected chi connectivity index (χ3v) is 5.45. The number of anilines is 1. The third-order valence-electron chi connectivity index (χ3n) is 4.96. The lowest BCUT2D eigenvalue weighted by atomic mass is 10.1. The van der Waals surface area contributed by atoms with Gasteiger partial charge in [-0.3, -0.25) is 14.9 Å². The molecule has 0 unspecified atom stereocenters. The Kier molecular flexibility index (Phi) is 4.84. The van der Waals surface area contributed by atoms with Crippen molar-refractivity contribution in [3.8, 4) is 0 Å². The Morgan fingerprint density at radius 1 is 1.10 bits per heavy atom. The number of carbonyl (C=O) groups excluding carboxylic acids is 3. The van der Waals surface area contributed by atoms with E-state index in [-0.39, 0.29) is 5.57 Å². The van der Waals surface area contributed by atoms with Crippen molar-refractivity contribution in [3.63, 3.8) is 0 Å². The average Bonchev–Trinajstić information content (AvgIpc) is 3.04. The molecule has 1 aliphatic rings. The number of halogens is 1. The van der Waals surface area contributed by atoms with E-state index in [1.807, 2.05) is 43.5 Å². The van der Waals surface area contributed by atoms with Crippen LogP contribution in [0.25, 0.3) is 17.0 Å². The minimum Gasteiger partial charge on any atom is -0.347 e. The topological polar surface area (TPSA) is 71.4 Å². The molecule has 1 saturated heterocycles. The lowest BCUT2D eigenvalue weighted by Crippen LogP contribution is -2.54. The number of amides is 4. The van der Waals surface area contributed by atoms with Crippen LogP contribution < -0.4 is 10.2 Å². The summed E-state index contributed by atoms with van der Waals surface area (Å²) in [5.74, 6) is -1.34. The van der Waals surface area contributed by atoms with Crippen LogP contribution in [0, 0.1) is 6.92 Å². The molecule has 1 N–H and O–H groups in total. The number of rotatable bonds is 3. The fourth-order valence-corrected chi connectivity index (χ4v) is 4.03. The fraction of sp³-hybridized carbons (Fsp3) is 0.136. The smallest absolute Gasteiger partial charge is 0.335 e. The van der Waals surface area contributed by atoms with Crippen molar-refractivity contribution in [1.82, 2.24) is 9.88 Å². The van der Waals surface area contributed by atoms with Crippen LogP contribution in [-0.4, -0.2) is 22.4 Å². The van der Waals surface area contributed by atoms with Crippen LogP contribution >= 0.6 is 15.9 Å². The Bertz CT molecular complexity index is 1210. The molecule has 2 heterocycles. The number of fused-ring (bicyclic) bond motifs is 1. The number of carbonyl (C=O) groups is 3. The quantitative estimate of drug-likeness (QED) is 0.473. The summed E-state index contributed by atoms with van der Waals surface area (Å²) < 4.78 is 2.89. The molecule has 7 heteroatoms. The van der Waals surface area contributed by atoms with E-state index in [1.54, 1.807) is 25.1 Å². The first-order valence-corrected chi connectivity index (χ1v) is 9.95. The molecule has 0 atom stereocenters. The van der Waals surface area contributed by atoms with Crippen LogP contribution in [0.1, 0.15) is 18.1 Å². The predicted molar refractivity (Wildman–Crippen MR) is 115 cm³/mol. The minimum absolute atomic E-state index is 0.0778. The number of urea groups is 1. The van der Waals surface area contributed by atoms with Gasteiger partial charge < -0.3 is 4.57 Å². The van der Waals surface area contributed by atoms with Crippen molar-refractivity contribution >= 4 is 56.4 Å². The number of nitrogens with zero attached hydrogens (tertiary/aromatic N) is 2. The summed E-state index contributed by atoms with van der Waals surface area (Å²) in [6.07, 6.45) is 3.46. The van der Waals surface area contributed by atoms with Crippen LogP contribution in [0.2, 0.25) is 0 Å². The summed E-state index contributed by atoms with van der Waals surface area (Å²) in [6.45, 7) is 4.58. The molecule has 1 aromatic heterocycles. The van der Waals surface area contributed by atoms with Crippen LogP contribution in [0.15, 0.2) is 58.7 Å². The van der Waals surface area contributed by atoms with Crippen LogP contribution in [-0.2, 0) is 16.1 Å². The van der Waals surface area contributed by atoms with Crippen molar-refractivity contribution in [2.24, 2.45) is 0 Å². The first-order valence-electron chi connectivity index (χ1n) is 9.16. The Balaban J connectivity index is 1.83. The molecule has 146 valence electrons. The Morgan fingerprint density at radius 2 is 1.86 bits per heavy atom. The lowest BCUT2D eigenvalue weighted by molar-refractivity contribution is -0.122. The summed E-state index contributed by atoms with van der Waals surface area (Å²) in [4.78, 5) is 39.1. The minimum atomic E-state index is -0.751. The molecule has 0 spiro atoms. The van der Waals surface area contributed by atoms with Crippen molar-refractivity contribution in [2.75, 3.05) is 4.90 Å². The molecule has 1 fully saturated rings. The first-order chi connectivity index (χ1) is 13.9. The zero-order chi connectivity index (χ0) is 20.7. The molecule has 0 saturated carbocycles. The average molecular weight is 452 g/mol. The molecular weight excluding hydrogens is 434 g/mol. The number of aromatic nitrogens is 1. The summed E-state index contributed by atoms with van der Waals surface area (Å²) in [7, 11) is 0. The third kappa shape index (κ3) is 3.27. The largest absolute Gasteiger partial charge is 0.347 e. The van der Waals surface area contributed by atoms with Gasteiger partial charge in [-0.25, -0.2) is 9.69 Å². The number of imide groups is 2. The number of nitrogens with one attached hydrogen (secondary N) is 1. The molecular formula is C22H18BrN3O3. The molecule has 29 heavy (non-hydrogen) atoms. The van der Waals surface area contributed by atoms with E-state index in [0.717, 1.165) is 37.9 Å². The first kappa shape index (κ1) is 19.1. The summed E-state index contributed by atoms with van der Waals surface area (Å²) in [5, 5.41) is 3.22. The normalized spacial score (nSPS) is 16.0. The number of aryl methyl sites for hydroxylation is 2. The van der Waals surface area contributed by atoms with Crippen LogP contribution in [0.4, 0.5) is 10.5 Å². The van der Waals surface area contributed by atoms with E-state index in [0.29, 0.717) is 5.69 Å². The number of para-hydroxylation sites is 1. The van der Waals surface area contributed by atoms with Crippen LogP contribution in [0.3, 0.4) is 0 Å². The Morgan fingerprint density at radius 3 is 2.59 bits per heavy atom. The molecule has 1 aliphatic heterocycles. The zero-order valence-corrected chi connectivity index (χ0v) is 17.5. The van der Waals surface area contributed by atoms with Gasteiger partial charge in [-0.1, -0.05) is 34.1 Å². The summed E-state index contributed by atoms with van der Waals surface area (Å²) >= 11 is 3.38. The molecule has 0 bridgehead atoms. The van der Waals surface area contributed by atoms with Gasteiger partial charge >= 0.3 is 6.03 Å². The van der Waals surface area contributed by atoms with E-state index >= 15 is 0 Å². The fourth-order valence-electron chi connectivity index (χ4n) is 3.55. The highest BCUT2D eigenvalue weighted by atomic mass is 79.9. The number of benzene rings is 2. The van der Waals surface area contributed by atoms with Gasteiger partial charge in [0.25, 0.3) is 11.8 Å². The molecule has 2 aromatic carbocycles. The van der Waals surface area contributed by atoms with E-state index in [2.05, 4.69) is 25.8 Å². The summed E-state index contributed by atoms with van der Waals surface area (Å²) in [6, 6.07) is 12.3. The highest BCUT2D eigenvalue weighted by Gasteiger charge is 2.37. The van der Waals surface area contributed by atoms with Gasteiger partial charge in [0, 0.05) is 33.7 Å². The van der Waals surface area contributed by atoms with Gasteiger partial charge in [0.2, 0.25) is 0 Å². The van der Waals surface area contributed by atoms with Gasteiger partial charge in [-0.2, -0.15) is 0 Å². The lowest BCUT2D eigenvalue weighted by Gasteiger charge is -2.27. The Labute approximate surface area is 175 Å². The van der Waals surface area contributed by atoms with E-state index in [9.17, 15) is 14.4 Å². The standard InChI is InChI=1S/C22H18BrN3O3/c1-3-25-12-14(16-6-4-5-7-19(16)25)11-17-20(27)24-22(29)26(21(17)28)18-9-8-15(23)10-13(18)2/h4-12H,3H2,1-2H3,(H,24,27,29)/b17-11+. The van der Waals surface area contributed by atoms with Crippen molar-refractivity contribution in [3.05, 3.63) is 69.8 Å².